The third-order valence-electron chi connectivity index (χ3n) is 3.46. The van der Waals surface area contributed by atoms with Gasteiger partial charge in [-0.25, -0.2) is 0 Å². The van der Waals surface area contributed by atoms with Gasteiger partial charge in [-0.3, -0.25) is 0 Å². The second-order valence-corrected chi connectivity index (χ2v) is 5.74. The van der Waals surface area contributed by atoms with E-state index in [0.29, 0.717) is 11.6 Å². The molecule has 4 nitrogen and oxygen atoms in total. The minimum absolute atomic E-state index is 0.665. The third-order valence-corrected chi connectivity index (χ3v) is 4.32. The zero-order valence-corrected chi connectivity index (χ0v) is 12.5. The fourth-order valence-corrected chi connectivity index (χ4v) is 3.16. The van der Waals surface area contributed by atoms with Gasteiger partial charge in [0, 0.05) is 18.3 Å². The van der Waals surface area contributed by atoms with Crippen LogP contribution in [0.1, 0.15) is 5.56 Å². The molecule has 0 atom stereocenters. The van der Waals surface area contributed by atoms with Gasteiger partial charge in [0.25, 0.3) is 0 Å². The Kier molecular flexibility index (Phi) is 3.02. The third kappa shape index (κ3) is 2.24. The van der Waals surface area contributed by atoms with Gasteiger partial charge >= 0.3 is 0 Å². The van der Waals surface area contributed by atoms with E-state index in [4.69, 9.17) is 11.6 Å². The molecule has 0 aliphatic heterocycles. The summed E-state index contributed by atoms with van der Waals surface area (Å²) < 4.78 is 8.55. The molecule has 0 amide bonds. The van der Waals surface area contributed by atoms with Gasteiger partial charge in [0.2, 0.25) is 0 Å². The molecule has 2 N–H and O–H groups in total. The maximum atomic E-state index is 6.27. The number of hydrogen-bond donors (Lipinski definition) is 2. The smallest absolute Gasteiger partial charge is 0.129 e. The molecule has 0 unspecified atom stereocenters. The highest BCUT2D eigenvalue weighted by Gasteiger charge is 2.09. The SMILES string of the molecule is Clc1ccc2nsnc2c1NCc1ccc2[nH]ccc2c1. The molecule has 0 aliphatic rings. The summed E-state index contributed by atoms with van der Waals surface area (Å²) in [6, 6.07) is 12.1. The number of aromatic nitrogens is 3. The zero-order valence-electron chi connectivity index (χ0n) is 10.9. The predicted molar refractivity (Wildman–Crippen MR) is 88.1 cm³/mol. The number of rotatable bonds is 3. The largest absolute Gasteiger partial charge is 0.378 e. The summed E-state index contributed by atoms with van der Waals surface area (Å²) >= 11 is 7.47. The van der Waals surface area contributed by atoms with Crippen LogP contribution in [-0.4, -0.2) is 13.7 Å². The fourth-order valence-electron chi connectivity index (χ4n) is 2.40. The van der Waals surface area contributed by atoms with Crippen molar-refractivity contribution in [2.24, 2.45) is 0 Å². The van der Waals surface area contributed by atoms with E-state index in [1.165, 1.54) is 22.7 Å². The number of fused-ring (bicyclic) bond motifs is 2. The van der Waals surface area contributed by atoms with Crippen molar-refractivity contribution in [3.05, 3.63) is 53.2 Å². The number of nitrogens with one attached hydrogen (secondary N) is 2. The lowest BCUT2D eigenvalue weighted by molar-refractivity contribution is 1.16. The van der Waals surface area contributed by atoms with Crippen LogP contribution in [0.15, 0.2) is 42.6 Å². The van der Waals surface area contributed by atoms with E-state index in [1.54, 1.807) is 0 Å². The second kappa shape index (κ2) is 5.02. The Balaban J connectivity index is 1.65. The lowest BCUT2D eigenvalue weighted by Crippen LogP contribution is -2.00. The Morgan fingerprint density at radius 3 is 3.05 bits per heavy atom. The van der Waals surface area contributed by atoms with E-state index >= 15 is 0 Å². The summed E-state index contributed by atoms with van der Waals surface area (Å²) in [6.45, 7) is 0.692. The van der Waals surface area contributed by atoms with Crippen molar-refractivity contribution in [2.45, 2.75) is 6.54 Å². The first-order chi connectivity index (χ1) is 10.3. The summed E-state index contributed by atoms with van der Waals surface area (Å²) in [6.07, 6.45) is 1.94. The predicted octanol–water partition coefficient (Wildman–Crippen LogP) is 4.44. The molecular formula is C15H11ClN4S. The molecule has 6 heteroatoms. The van der Waals surface area contributed by atoms with E-state index < -0.39 is 0 Å². The highest BCUT2D eigenvalue weighted by molar-refractivity contribution is 7.00. The molecule has 104 valence electrons. The molecule has 2 heterocycles. The average molecular weight is 315 g/mol. The van der Waals surface area contributed by atoms with Gasteiger partial charge in [0.1, 0.15) is 11.0 Å². The van der Waals surface area contributed by atoms with Crippen molar-refractivity contribution in [3.8, 4) is 0 Å². The van der Waals surface area contributed by atoms with Gasteiger partial charge in [0.15, 0.2) is 0 Å². The molecule has 0 saturated carbocycles. The van der Waals surface area contributed by atoms with E-state index in [1.807, 2.05) is 18.3 Å². The lowest BCUT2D eigenvalue weighted by Gasteiger charge is -2.09. The molecule has 4 aromatic rings. The zero-order chi connectivity index (χ0) is 14.2. The Bertz CT molecular complexity index is 928. The molecule has 0 saturated heterocycles. The van der Waals surface area contributed by atoms with Crippen LogP contribution >= 0.6 is 23.3 Å². The van der Waals surface area contributed by atoms with Crippen molar-refractivity contribution >= 4 is 51.0 Å². The van der Waals surface area contributed by atoms with Crippen LogP contribution in [-0.2, 0) is 6.54 Å². The molecular weight excluding hydrogens is 304 g/mol. The maximum Gasteiger partial charge on any atom is 0.129 e. The first-order valence-corrected chi connectivity index (χ1v) is 7.63. The maximum absolute atomic E-state index is 6.27. The van der Waals surface area contributed by atoms with Crippen molar-refractivity contribution in [1.82, 2.24) is 13.7 Å². The van der Waals surface area contributed by atoms with Gasteiger partial charge < -0.3 is 10.3 Å². The van der Waals surface area contributed by atoms with Crippen LogP contribution in [0.5, 0.6) is 0 Å². The van der Waals surface area contributed by atoms with Crippen LogP contribution in [0.2, 0.25) is 5.02 Å². The fraction of sp³-hybridized carbons (Fsp3) is 0.0667. The van der Waals surface area contributed by atoms with Crippen LogP contribution in [0.4, 0.5) is 5.69 Å². The molecule has 0 aliphatic carbocycles. The van der Waals surface area contributed by atoms with E-state index in [9.17, 15) is 0 Å². The van der Waals surface area contributed by atoms with Gasteiger partial charge in [0.05, 0.1) is 22.4 Å². The van der Waals surface area contributed by atoms with Crippen LogP contribution in [0.3, 0.4) is 0 Å². The number of halogens is 1. The highest BCUT2D eigenvalue weighted by atomic mass is 35.5. The number of aromatic amines is 1. The Morgan fingerprint density at radius 1 is 1.14 bits per heavy atom. The summed E-state index contributed by atoms with van der Waals surface area (Å²) in [5, 5.41) is 5.24. The van der Waals surface area contributed by atoms with E-state index in [2.05, 4.69) is 43.3 Å². The van der Waals surface area contributed by atoms with E-state index in [0.717, 1.165) is 22.2 Å². The Morgan fingerprint density at radius 2 is 2.10 bits per heavy atom. The van der Waals surface area contributed by atoms with Crippen molar-refractivity contribution < 1.29 is 0 Å². The van der Waals surface area contributed by atoms with Crippen LogP contribution in [0, 0.1) is 0 Å². The first kappa shape index (κ1) is 12.6. The van der Waals surface area contributed by atoms with Gasteiger partial charge in [-0.05, 0) is 41.3 Å². The normalized spacial score (nSPS) is 11.3. The second-order valence-electron chi connectivity index (χ2n) is 4.81. The molecule has 4 rings (SSSR count). The molecule has 0 spiro atoms. The van der Waals surface area contributed by atoms with Crippen molar-refractivity contribution in [1.29, 1.82) is 0 Å². The number of anilines is 1. The summed E-state index contributed by atoms with van der Waals surface area (Å²) in [7, 11) is 0. The average Bonchev–Trinajstić information content (AvgIpc) is 3.14. The summed E-state index contributed by atoms with van der Waals surface area (Å²) in [4.78, 5) is 3.19. The van der Waals surface area contributed by atoms with E-state index in [-0.39, 0.29) is 0 Å². The monoisotopic (exact) mass is 314 g/mol. The minimum atomic E-state index is 0.665. The Labute approximate surface area is 130 Å². The topological polar surface area (TPSA) is 53.6 Å². The first-order valence-electron chi connectivity index (χ1n) is 6.52. The summed E-state index contributed by atoms with van der Waals surface area (Å²) in [5.41, 5.74) is 4.88. The number of hydrogen-bond acceptors (Lipinski definition) is 4. The quantitative estimate of drug-likeness (QED) is 0.588. The Hall–Kier alpha value is -2.11. The van der Waals surface area contributed by atoms with Crippen molar-refractivity contribution in [3.63, 3.8) is 0 Å². The summed E-state index contributed by atoms with van der Waals surface area (Å²) in [5.74, 6) is 0. The molecule has 2 aromatic heterocycles. The minimum Gasteiger partial charge on any atom is -0.378 e. The number of nitrogens with zero attached hydrogens (tertiary/aromatic N) is 2. The highest BCUT2D eigenvalue weighted by Crippen LogP contribution is 2.30. The molecule has 2 aromatic carbocycles. The van der Waals surface area contributed by atoms with Crippen molar-refractivity contribution in [2.75, 3.05) is 5.32 Å². The molecule has 21 heavy (non-hydrogen) atoms. The number of H-pyrrole nitrogens is 1. The lowest BCUT2D eigenvalue weighted by atomic mass is 10.1. The van der Waals surface area contributed by atoms with Crippen LogP contribution < -0.4 is 5.32 Å². The molecule has 0 fully saturated rings. The van der Waals surface area contributed by atoms with Crippen LogP contribution in [0.25, 0.3) is 21.9 Å². The molecule has 0 bridgehead atoms. The molecule has 0 radical (unpaired) electrons. The van der Waals surface area contributed by atoms with Gasteiger partial charge in [-0.2, -0.15) is 8.75 Å². The standard InChI is InChI=1S/C15H11ClN4S/c16-11-2-4-13-15(20-21-19-13)14(11)18-8-9-1-3-12-10(7-9)5-6-17-12/h1-7,17-18H,8H2. The van der Waals surface area contributed by atoms with Gasteiger partial charge in [-0.1, -0.05) is 17.7 Å². The number of benzene rings is 2. The van der Waals surface area contributed by atoms with Gasteiger partial charge in [-0.15, -0.1) is 0 Å².